The van der Waals surface area contributed by atoms with Gasteiger partial charge in [0, 0.05) is 18.6 Å². The molecule has 0 saturated carbocycles. The number of amides is 2. The van der Waals surface area contributed by atoms with Gasteiger partial charge < -0.3 is 19.9 Å². The molecule has 0 heterocycles. The molecule has 0 aliphatic heterocycles. The predicted octanol–water partition coefficient (Wildman–Crippen LogP) is 6.18. The minimum atomic E-state index is -0.672. The van der Waals surface area contributed by atoms with E-state index >= 15 is 0 Å². The third kappa shape index (κ3) is 6.86. The summed E-state index contributed by atoms with van der Waals surface area (Å²) >= 11 is 4.10. The van der Waals surface area contributed by atoms with Crippen LogP contribution in [0.1, 0.15) is 26.2 Å². The molecule has 0 aliphatic rings. The van der Waals surface area contributed by atoms with Crippen molar-refractivity contribution in [1.29, 1.82) is 0 Å². The zero-order chi connectivity index (χ0) is 22.1. The fourth-order valence-corrected chi connectivity index (χ4v) is 2.99. The number of nitrogens with two attached hydrogens (primary N) is 1. The molecule has 2 N–H and O–H groups in total. The van der Waals surface area contributed by atoms with Crippen LogP contribution >= 0.6 is 12.8 Å². The van der Waals surface area contributed by atoms with Crippen molar-refractivity contribution in [2.24, 2.45) is 5.73 Å². The number of carbonyl (C=O) groups excluding carboxylic acids is 1. The first-order valence-electron chi connectivity index (χ1n) is 10.1. The molecular formula is C24H26N2O4S. The highest BCUT2D eigenvalue weighted by Gasteiger charge is 2.15. The number of benzene rings is 3. The van der Waals surface area contributed by atoms with E-state index in [0.29, 0.717) is 29.4 Å². The van der Waals surface area contributed by atoms with E-state index in [4.69, 9.17) is 19.9 Å². The Morgan fingerprint density at radius 3 is 2.19 bits per heavy atom. The van der Waals surface area contributed by atoms with Crippen LogP contribution in [0.15, 0.2) is 78.9 Å². The number of carbonyl (C=O) groups is 1. The number of urea groups is 1. The Morgan fingerprint density at radius 1 is 0.903 bits per heavy atom. The van der Waals surface area contributed by atoms with E-state index in [2.05, 4.69) is 19.7 Å². The van der Waals surface area contributed by atoms with Crippen molar-refractivity contribution in [2.75, 3.05) is 4.31 Å². The fourth-order valence-electron chi connectivity index (χ4n) is 2.87. The number of para-hydroxylation sites is 1. The van der Waals surface area contributed by atoms with Gasteiger partial charge >= 0.3 is 6.03 Å². The fraction of sp³-hybridized carbons (Fsp3) is 0.208. The van der Waals surface area contributed by atoms with Gasteiger partial charge in [-0.3, -0.25) is 0 Å². The van der Waals surface area contributed by atoms with Crippen molar-refractivity contribution in [1.82, 2.24) is 0 Å². The first-order chi connectivity index (χ1) is 15.0. The number of primary amides is 1. The maximum atomic E-state index is 11.4. The van der Waals surface area contributed by atoms with Crippen LogP contribution in [0.5, 0.6) is 23.0 Å². The average molecular weight is 439 g/mol. The molecule has 0 spiro atoms. The topological polar surface area (TPSA) is 74.0 Å². The Morgan fingerprint density at radius 2 is 1.52 bits per heavy atom. The van der Waals surface area contributed by atoms with E-state index in [0.717, 1.165) is 22.9 Å². The third-order valence-corrected chi connectivity index (χ3v) is 4.81. The number of unbranched alkanes of at least 4 members (excludes halogenated alkanes) is 1. The van der Waals surface area contributed by atoms with Crippen LogP contribution < -0.4 is 24.2 Å². The van der Waals surface area contributed by atoms with E-state index in [1.165, 1.54) is 0 Å². The van der Waals surface area contributed by atoms with E-state index in [1.807, 2.05) is 54.6 Å². The molecule has 2 amide bonds. The summed E-state index contributed by atoms with van der Waals surface area (Å²) in [5.41, 5.74) is 5.80. The van der Waals surface area contributed by atoms with Gasteiger partial charge in [0.25, 0.3) is 0 Å². The third-order valence-electron chi connectivity index (χ3n) is 4.38. The SMILES string of the molecule is CCCCC(Oc1cccc(Oc2ccccc2)c1)Oc1cccc(N(S)C(N)=O)c1. The summed E-state index contributed by atoms with van der Waals surface area (Å²) in [5, 5.41) is 0. The molecule has 162 valence electrons. The highest BCUT2D eigenvalue weighted by molar-refractivity contribution is 7.82. The average Bonchev–Trinajstić information content (AvgIpc) is 2.78. The second-order valence-corrected chi connectivity index (χ2v) is 7.24. The van der Waals surface area contributed by atoms with Crippen molar-refractivity contribution >= 4 is 24.5 Å². The molecule has 1 atom stereocenters. The summed E-state index contributed by atoms with van der Waals surface area (Å²) in [6.07, 6.45) is 2.13. The Balaban J connectivity index is 1.72. The maximum Gasteiger partial charge on any atom is 0.329 e. The van der Waals surface area contributed by atoms with Crippen molar-refractivity contribution in [3.05, 3.63) is 78.9 Å². The molecule has 3 aromatic carbocycles. The normalized spacial score (nSPS) is 11.4. The Kier molecular flexibility index (Phi) is 8.06. The van der Waals surface area contributed by atoms with E-state index < -0.39 is 12.3 Å². The molecule has 3 rings (SSSR count). The molecule has 3 aromatic rings. The molecule has 0 aliphatic carbocycles. The second-order valence-electron chi connectivity index (χ2n) is 6.84. The lowest BCUT2D eigenvalue weighted by atomic mass is 10.2. The largest absolute Gasteiger partial charge is 0.457 e. The van der Waals surface area contributed by atoms with E-state index in [1.54, 1.807) is 24.3 Å². The van der Waals surface area contributed by atoms with Gasteiger partial charge in [-0.15, -0.1) is 0 Å². The standard InChI is InChI=1S/C24H26N2O4S/c1-2-3-15-23(29-20-12-7-9-18(16-20)26(31)24(25)27)30-22-14-8-13-21(17-22)28-19-10-5-4-6-11-19/h4-14,16-17,23,31H,2-3,15H2,1H3,(H2,25,27). The van der Waals surface area contributed by atoms with Crippen LogP contribution in [-0.2, 0) is 0 Å². The predicted molar refractivity (Wildman–Crippen MR) is 125 cm³/mol. The Labute approximate surface area is 188 Å². The molecule has 0 radical (unpaired) electrons. The first-order valence-corrected chi connectivity index (χ1v) is 10.5. The van der Waals surface area contributed by atoms with E-state index in [-0.39, 0.29) is 0 Å². The Bertz CT molecular complexity index is 984. The molecule has 0 fully saturated rings. The lowest BCUT2D eigenvalue weighted by Crippen LogP contribution is -2.27. The summed E-state index contributed by atoms with van der Waals surface area (Å²) in [6, 6.07) is 23.3. The summed E-state index contributed by atoms with van der Waals surface area (Å²) in [7, 11) is 0. The molecule has 0 saturated heterocycles. The molecule has 31 heavy (non-hydrogen) atoms. The molecule has 0 aromatic heterocycles. The number of hydrogen-bond acceptors (Lipinski definition) is 5. The lowest BCUT2D eigenvalue weighted by Gasteiger charge is -2.22. The number of nitrogens with zero attached hydrogens (tertiary/aromatic N) is 1. The van der Waals surface area contributed by atoms with Gasteiger partial charge in [0.05, 0.1) is 5.69 Å². The minimum absolute atomic E-state index is 0.510. The molecule has 6 nitrogen and oxygen atoms in total. The summed E-state index contributed by atoms with van der Waals surface area (Å²) in [5.74, 6) is 2.61. The van der Waals surface area contributed by atoms with Gasteiger partial charge in [-0.2, -0.15) is 0 Å². The lowest BCUT2D eigenvalue weighted by molar-refractivity contribution is -0.00216. The van der Waals surface area contributed by atoms with Crippen molar-refractivity contribution in [2.45, 2.75) is 32.5 Å². The van der Waals surface area contributed by atoms with Crippen LogP contribution in [0, 0.1) is 0 Å². The van der Waals surface area contributed by atoms with Gasteiger partial charge in [0.2, 0.25) is 6.29 Å². The van der Waals surface area contributed by atoms with Gasteiger partial charge in [0.1, 0.15) is 23.0 Å². The number of anilines is 1. The first kappa shape index (κ1) is 22.4. The van der Waals surface area contributed by atoms with Crippen molar-refractivity contribution in [3.8, 4) is 23.0 Å². The number of hydrogen-bond donors (Lipinski definition) is 2. The number of ether oxygens (including phenoxy) is 3. The van der Waals surface area contributed by atoms with Crippen molar-refractivity contribution < 1.29 is 19.0 Å². The van der Waals surface area contributed by atoms with Gasteiger partial charge in [0.15, 0.2) is 0 Å². The van der Waals surface area contributed by atoms with Gasteiger partial charge in [-0.25, -0.2) is 9.10 Å². The van der Waals surface area contributed by atoms with Gasteiger partial charge in [-0.05, 0) is 42.8 Å². The zero-order valence-corrected chi connectivity index (χ0v) is 18.2. The quantitative estimate of drug-likeness (QED) is 0.293. The highest BCUT2D eigenvalue weighted by Crippen LogP contribution is 2.28. The minimum Gasteiger partial charge on any atom is -0.457 e. The number of thiol groups is 1. The van der Waals surface area contributed by atoms with Crippen molar-refractivity contribution in [3.63, 3.8) is 0 Å². The van der Waals surface area contributed by atoms with Gasteiger partial charge in [-0.1, -0.05) is 56.5 Å². The molecular weight excluding hydrogens is 412 g/mol. The molecule has 1 unspecified atom stereocenters. The Hall–Kier alpha value is -3.32. The second kappa shape index (κ2) is 11.2. The highest BCUT2D eigenvalue weighted by atomic mass is 32.1. The maximum absolute atomic E-state index is 11.4. The summed E-state index contributed by atoms with van der Waals surface area (Å²) < 4.78 is 19.1. The summed E-state index contributed by atoms with van der Waals surface area (Å²) in [4.78, 5) is 11.4. The smallest absolute Gasteiger partial charge is 0.329 e. The monoisotopic (exact) mass is 438 g/mol. The van der Waals surface area contributed by atoms with Crippen LogP contribution in [-0.4, -0.2) is 12.3 Å². The van der Waals surface area contributed by atoms with E-state index in [9.17, 15) is 4.79 Å². The van der Waals surface area contributed by atoms with Crippen LogP contribution in [0.2, 0.25) is 0 Å². The van der Waals surface area contributed by atoms with Crippen LogP contribution in [0.3, 0.4) is 0 Å². The van der Waals surface area contributed by atoms with Crippen LogP contribution in [0.25, 0.3) is 0 Å². The zero-order valence-electron chi connectivity index (χ0n) is 17.3. The molecule has 0 bridgehead atoms. The van der Waals surface area contributed by atoms with Crippen LogP contribution in [0.4, 0.5) is 10.5 Å². The number of rotatable bonds is 10. The molecule has 7 heteroatoms. The summed E-state index contributed by atoms with van der Waals surface area (Å²) in [6.45, 7) is 2.11.